The van der Waals surface area contributed by atoms with E-state index in [0.717, 1.165) is 0 Å². The molecule has 0 aliphatic rings. The van der Waals surface area contributed by atoms with Crippen molar-refractivity contribution in [2.24, 2.45) is 0 Å². The Morgan fingerprint density at radius 2 is 2.50 bits per heavy atom. The van der Waals surface area contributed by atoms with Crippen LogP contribution >= 0.6 is 11.3 Å². The number of carbonyl (C=O) groups is 1. The summed E-state index contributed by atoms with van der Waals surface area (Å²) in [6, 6.07) is 0. The number of thiazole rings is 1. The number of aromatic nitrogens is 1. The Hall–Kier alpha value is -0.900. The summed E-state index contributed by atoms with van der Waals surface area (Å²) in [6.45, 7) is 1.75. The van der Waals surface area contributed by atoms with Crippen LogP contribution in [0.1, 0.15) is 15.4 Å². The van der Waals surface area contributed by atoms with E-state index in [1.807, 2.05) is 0 Å². The van der Waals surface area contributed by atoms with Crippen LogP contribution in [0.3, 0.4) is 0 Å². The van der Waals surface area contributed by atoms with Gasteiger partial charge in [-0.3, -0.25) is 0 Å². The van der Waals surface area contributed by atoms with E-state index in [1.54, 1.807) is 6.92 Å². The van der Waals surface area contributed by atoms with Crippen molar-refractivity contribution in [3.63, 3.8) is 0 Å². The van der Waals surface area contributed by atoms with Gasteiger partial charge in [-0.25, -0.2) is 9.78 Å². The number of hydrogen-bond donors (Lipinski definition) is 0. The van der Waals surface area contributed by atoms with Gasteiger partial charge in [0.15, 0.2) is 5.51 Å². The second kappa shape index (κ2) is 2.79. The molecular weight excluding hydrogens is 150 g/mol. The van der Waals surface area contributed by atoms with Crippen molar-refractivity contribution in [3.8, 4) is 0 Å². The minimum atomic E-state index is -0.337. The first kappa shape index (κ1) is 7.21. The fourth-order valence-corrected chi connectivity index (χ4v) is 1.18. The molecule has 0 aliphatic heterocycles. The van der Waals surface area contributed by atoms with Crippen LogP contribution in [0.4, 0.5) is 0 Å². The number of aryl methyl sites for hydroxylation is 1. The number of rotatable bonds is 1. The quantitative estimate of drug-likeness (QED) is 0.570. The monoisotopic (exact) mass is 156 g/mol. The summed E-state index contributed by atoms with van der Waals surface area (Å²) in [6.07, 6.45) is 0. The molecule has 3 nitrogen and oxygen atoms in total. The average molecular weight is 156 g/mol. The molecule has 0 amide bonds. The minimum absolute atomic E-state index is 0.337. The molecule has 0 bridgehead atoms. The van der Waals surface area contributed by atoms with Gasteiger partial charge in [0.1, 0.15) is 4.88 Å². The van der Waals surface area contributed by atoms with E-state index < -0.39 is 0 Å². The predicted octanol–water partition coefficient (Wildman–Crippen LogP) is 1.04. The van der Waals surface area contributed by atoms with Crippen molar-refractivity contribution in [2.75, 3.05) is 7.11 Å². The summed E-state index contributed by atoms with van der Waals surface area (Å²) in [5.74, 6) is -0.337. The zero-order valence-electron chi connectivity index (χ0n) is 5.67. The first-order valence-electron chi connectivity index (χ1n) is 2.67. The number of ether oxygens (including phenoxy) is 1. The van der Waals surface area contributed by atoms with Crippen molar-refractivity contribution < 1.29 is 9.53 Å². The van der Waals surface area contributed by atoms with E-state index in [4.69, 9.17) is 0 Å². The third-order valence-corrected chi connectivity index (χ3v) is 1.91. The Morgan fingerprint density at radius 3 is 2.90 bits per heavy atom. The van der Waals surface area contributed by atoms with Gasteiger partial charge in [0.05, 0.1) is 12.8 Å². The van der Waals surface area contributed by atoms with Crippen LogP contribution in [0.15, 0.2) is 0 Å². The van der Waals surface area contributed by atoms with E-state index in [2.05, 4.69) is 15.2 Å². The lowest BCUT2D eigenvalue weighted by Crippen LogP contribution is -1.99. The predicted molar refractivity (Wildman–Crippen MR) is 37.0 cm³/mol. The second-order valence-corrected chi connectivity index (χ2v) is 2.51. The lowest BCUT2D eigenvalue weighted by Gasteiger charge is -1.92. The van der Waals surface area contributed by atoms with Gasteiger partial charge in [-0.2, -0.15) is 0 Å². The second-order valence-electron chi connectivity index (χ2n) is 1.71. The first-order valence-corrected chi connectivity index (χ1v) is 3.49. The Bertz CT molecular complexity index is 244. The molecule has 0 saturated heterocycles. The molecule has 0 spiro atoms. The van der Waals surface area contributed by atoms with Gasteiger partial charge in [-0.15, -0.1) is 11.3 Å². The lowest BCUT2D eigenvalue weighted by molar-refractivity contribution is 0.0605. The SMILES string of the molecule is COC(=O)c1s[c]nc1C. The molecule has 0 fully saturated rings. The van der Waals surface area contributed by atoms with Crippen molar-refractivity contribution in [1.29, 1.82) is 0 Å². The molecule has 1 aromatic heterocycles. The highest BCUT2D eigenvalue weighted by Gasteiger charge is 2.10. The topological polar surface area (TPSA) is 39.2 Å². The first-order chi connectivity index (χ1) is 4.75. The zero-order valence-corrected chi connectivity index (χ0v) is 6.49. The summed E-state index contributed by atoms with van der Waals surface area (Å²) in [5.41, 5.74) is 3.28. The van der Waals surface area contributed by atoms with Crippen molar-refractivity contribution in [1.82, 2.24) is 4.98 Å². The van der Waals surface area contributed by atoms with Crippen LogP contribution in [0.2, 0.25) is 0 Å². The summed E-state index contributed by atoms with van der Waals surface area (Å²) < 4.78 is 4.49. The highest BCUT2D eigenvalue weighted by molar-refractivity contribution is 7.11. The molecule has 0 unspecified atom stereocenters. The highest BCUT2D eigenvalue weighted by Crippen LogP contribution is 2.11. The largest absolute Gasteiger partial charge is 0.465 e. The molecule has 1 heterocycles. The standard InChI is InChI=1S/C6H6NO2S/c1-4-5(6(8)9-2)10-3-7-4/h1-2H3. The molecular formula is C6H6NO2S. The molecule has 0 aromatic carbocycles. The average Bonchev–Trinajstić information content (AvgIpc) is 2.34. The highest BCUT2D eigenvalue weighted by atomic mass is 32.1. The molecule has 53 valence electrons. The normalized spacial score (nSPS) is 9.40. The third-order valence-electron chi connectivity index (χ3n) is 1.06. The van der Waals surface area contributed by atoms with Gasteiger partial charge in [-0.05, 0) is 6.92 Å². The minimum Gasteiger partial charge on any atom is -0.465 e. The van der Waals surface area contributed by atoms with Crippen molar-refractivity contribution in [2.45, 2.75) is 6.92 Å². The molecule has 4 heteroatoms. The fourth-order valence-electron chi connectivity index (χ4n) is 0.544. The molecule has 0 atom stereocenters. The summed E-state index contributed by atoms with van der Waals surface area (Å²) in [5, 5.41) is 0. The summed E-state index contributed by atoms with van der Waals surface area (Å²) in [7, 11) is 1.35. The maximum absolute atomic E-state index is 10.8. The maximum Gasteiger partial charge on any atom is 0.349 e. The maximum atomic E-state index is 10.8. The summed E-state index contributed by atoms with van der Waals surface area (Å²) >= 11 is 1.17. The van der Waals surface area contributed by atoms with Crippen LogP contribution in [0.5, 0.6) is 0 Å². The van der Waals surface area contributed by atoms with Crippen LogP contribution in [0, 0.1) is 12.4 Å². The lowest BCUT2D eigenvalue weighted by atomic mass is 10.4. The Kier molecular flexibility index (Phi) is 2.01. The van der Waals surface area contributed by atoms with Gasteiger partial charge in [0, 0.05) is 0 Å². The number of hydrogen-bond acceptors (Lipinski definition) is 4. The van der Waals surface area contributed by atoms with Crippen LogP contribution < -0.4 is 0 Å². The van der Waals surface area contributed by atoms with Gasteiger partial charge < -0.3 is 4.74 Å². The molecule has 0 N–H and O–H groups in total. The third kappa shape index (κ3) is 1.16. The Morgan fingerprint density at radius 1 is 1.80 bits per heavy atom. The molecule has 0 aliphatic carbocycles. The van der Waals surface area contributed by atoms with Crippen molar-refractivity contribution >= 4 is 17.3 Å². The van der Waals surface area contributed by atoms with Crippen molar-refractivity contribution in [3.05, 3.63) is 16.1 Å². The van der Waals surface area contributed by atoms with Crippen LogP contribution in [0.25, 0.3) is 0 Å². The Labute approximate surface area is 62.7 Å². The molecule has 10 heavy (non-hydrogen) atoms. The zero-order chi connectivity index (χ0) is 7.56. The van der Waals surface area contributed by atoms with Gasteiger partial charge in [-0.1, -0.05) is 0 Å². The fraction of sp³-hybridized carbons (Fsp3) is 0.333. The number of carbonyl (C=O) groups excluding carboxylic acids is 1. The van der Waals surface area contributed by atoms with E-state index in [9.17, 15) is 4.79 Å². The van der Waals surface area contributed by atoms with Gasteiger partial charge in [0.25, 0.3) is 0 Å². The van der Waals surface area contributed by atoms with E-state index >= 15 is 0 Å². The molecule has 1 aromatic rings. The molecule has 0 saturated carbocycles. The smallest absolute Gasteiger partial charge is 0.349 e. The number of esters is 1. The Balaban J connectivity index is 2.93. The summed E-state index contributed by atoms with van der Waals surface area (Å²) in [4.78, 5) is 15.1. The van der Waals surface area contributed by atoms with Gasteiger partial charge >= 0.3 is 5.97 Å². The van der Waals surface area contributed by atoms with Gasteiger partial charge in [0.2, 0.25) is 0 Å². The van der Waals surface area contributed by atoms with E-state index in [1.165, 1.54) is 18.4 Å². The van der Waals surface area contributed by atoms with Crippen LogP contribution in [-0.4, -0.2) is 18.1 Å². The number of methoxy groups -OCH3 is 1. The molecule has 1 rings (SSSR count). The van der Waals surface area contributed by atoms with E-state index in [-0.39, 0.29) is 5.97 Å². The van der Waals surface area contributed by atoms with E-state index in [0.29, 0.717) is 10.6 Å². The number of nitrogens with zero attached hydrogens (tertiary/aromatic N) is 1. The van der Waals surface area contributed by atoms with Crippen LogP contribution in [-0.2, 0) is 4.74 Å². The molecule has 1 radical (unpaired) electrons.